The summed E-state index contributed by atoms with van der Waals surface area (Å²) in [5, 5.41) is 10.0. The van der Waals surface area contributed by atoms with Gasteiger partial charge in [-0.05, 0) is 12.5 Å². The Morgan fingerprint density at radius 3 is 2.32 bits per heavy atom. The molecule has 2 N–H and O–H groups in total. The molecule has 0 saturated heterocycles. The molecule has 34 heavy (non-hydrogen) atoms. The zero-order valence-electron chi connectivity index (χ0n) is 18.6. The number of nitriles is 1. The van der Waals surface area contributed by atoms with Crippen molar-refractivity contribution in [3.8, 4) is 11.8 Å². The number of esters is 2. The highest BCUT2D eigenvalue weighted by Crippen LogP contribution is 2.46. The number of halogens is 2. The minimum Gasteiger partial charge on any atom is -0.489 e. The van der Waals surface area contributed by atoms with Crippen LogP contribution < -0.4 is 15.4 Å². The molecule has 0 amide bonds. The third-order valence-corrected chi connectivity index (χ3v) is 5.13. The molecule has 2 aromatic carbocycles. The predicted molar refractivity (Wildman–Crippen MR) is 117 cm³/mol. The quantitative estimate of drug-likeness (QED) is 0.641. The van der Waals surface area contributed by atoms with Gasteiger partial charge in [0.05, 0.1) is 49.6 Å². The van der Waals surface area contributed by atoms with Crippen LogP contribution in [0.2, 0.25) is 0 Å². The number of nitrogens with zero attached hydrogens (tertiary/aromatic N) is 2. The lowest BCUT2D eigenvalue weighted by molar-refractivity contribution is -0.139. The van der Waals surface area contributed by atoms with Crippen LogP contribution in [-0.4, -0.2) is 32.8 Å². The first-order chi connectivity index (χ1) is 16.3. The first kappa shape index (κ1) is 24.3. The fourth-order valence-corrected chi connectivity index (χ4v) is 3.76. The molecular weight excluding hydrogens is 448 g/mol. The predicted octanol–water partition coefficient (Wildman–Crippen LogP) is 3.26. The van der Waals surface area contributed by atoms with Gasteiger partial charge in [-0.2, -0.15) is 5.26 Å². The maximum Gasteiger partial charge on any atom is 0.355 e. The second kappa shape index (κ2) is 10.0. The molecule has 1 aliphatic rings. The number of benzene rings is 2. The standard InChI is InChI=1S/C24H21F2N3O5/c1-4-34-21-16(26)10-14(25)11-17(21)29-20(24(31)33-3)19(23(30)32-2)18(15(12-27)22(29)28)13-8-6-5-7-9-13/h5-11,18H,4,28H2,1-3H3. The molecule has 1 heterocycles. The lowest BCUT2D eigenvalue weighted by Crippen LogP contribution is -2.41. The summed E-state index contributed by atoms with van der Waals surface area (Å²) in [5.74, 6) is -5.97. The third kappa shape index (κ3) is 4.15. The molecule has 8 nitrogen and oxygen atoms in total. The summed E-state index contributed by atoms with van der Waals surface area (Å²) in [6, 6.07) is 11.8. The zero-order chi connectivity index (χ0) is 25.0. The van der Waals surface area contributed by atoms with Gasteiger partial charge in [0.1, 0.15) is 17.3 Å². The van der Waals surface area contributed by atoms with E-state index in [9.17, 15) is 23.6 Å². The highest BCUT2D eigenvalue weighted by molar-refractivity contribution is 6.06. The third-order valence-electron chi connectivity index (χ3n) is 5.13. The number of methoxy groups -OCH3 is 2. The normalized spacial score (nSPS) is 15.6. The Balaban J connectivity index is 2.48. The Labute approximate surface area is 194 Å². The topological polar surface area (TPSA) is 115 Å². The largest absolute Gasteiger partial charge is 0.489 e. The Bertz CT molecular complexity index is 1240. The minimum atomic E-state index is -1.11. The van der Waals surface area contributed by atoms with E-state index >= 15 is 0 Å². The van der Waals surface area contributed by atoms with Crippen LogP contribution in [0.4, 0.5) is 14.5 Å². The molecule has 2 aromatic rings. The summed E-state index contributed by atoms with van der Waals surface area (Å²) in [7, 11) is 2.16. The van der Waals surface area contributed by atoms with Crippen molar-refractivity contribution in [1.82, 2.24) is 0 Å². The first-order valence-corrected chi connectivity index (χ1v) is 10.1. The molecule has 176 valence electrons. The Hall–Kier alpha value is -4.39. The molecule has 1 aliphatic heterocycles. The van der Waals surface area contributed by atoms with Crippen LogP contribution in [0.1, 0.15) is 18.4 Å². The smallest absolute Gasteiger partial charge is 0.355 e. The van der Waals surface area contributed by atoms with E-state index in [4.69, 9.17) is 19.9 Å². The molecule has 0 fully saturated rings. The van der Waals surface area contributed by atoms with E-state index in [1.54, 1.807) is 37.3 Å². The molecule has 0 radical (unpaired) electrons. The van der Waals surface area contributed by atoms with Gasteiger partial charge in [-0.1, -0.05) is 30.3 Å². The maximum atomic E-state index is 14.7. The maximum absolute atomic E-state index is 14.7. The molecule has 0 aromatic heterocycles. The van der Waals surface area contributed by atoms with Crippen molar-refractivity contribution in [2.24, 2.45) is 5.73 Å². The fraction of sp³-hybridized carbons (Fsp3) is 0.208. The van der Waals surface area contributed by atoms with Gasteiger partial charge >= 0.3 is 11.9 Å². The highest BCUT2D eigenvalue weighted by Gasteiger charge is 2.44. The number of rotatable bonds is 6. The SMILES string of the molecule is CCOc1c(F)cc(F)cc1N1C(N)=C(C#N)C(c2ccccc2)C(C(=O)OC)=C1C(=O)OC. The van der Waals surface area contributed by atoms with Crippen LogP contribution in [0, 0.1) is 23.0 Å². The molecule has 10 heteroatoms. The van der Waals surface area contributed by atoms with Crippen molar-refractivity contribution in [1.29, 1.82) is 5.26 Å². The van der Waals surface area contributed by atoms with Gasteiger partial charge in [-0.3, -0.25) is 4.90 Å². The Morgan fingerprint density at radius 2 is 1.76 bits per heavy atom. The average Bonchev–Trinajstić information content (AvgIpc) is 2.84. The van der Waals surface area contributed by atoms with Crippen molar-refractivity contribution in [3.63, 3.8) is 0 Å². The van der Waals surface area contributed by atoms with Crippen LogP contribution in [0.25, 0.3) is 0 Å². The molecule has 0 aliphatic carbocycles. The number of hydrogen-bond donors (Lipinski definition) is 1. The van der Waals surface area contributed by atoms with Crippen LogP contribution in [0.15, 0.2) is 65.1 Å². The number of ether oxygens (including phenoxy) is 3. The summed E-state index contributed by atoms with van der Waals surface area (Å²) >= 11 is 0. The van der Waals surface area contributed by atoms with E-state index < -0.39 is 40.9 Å². The van der Waals surface area contributed by atoms with Gasteiger partial charge in [0.2, 0.25) is 0 Å². The fourth-order valence-electron chi connectivity index (χ4n) is 3.76. The van der Waals surface area contributed by atoms with Gasteiger partial charge in [-0.15, -0.1) is 0 Å². The van der Waals surface area contributed by atoms with Crippen molar-refractivity contribution >= 4 is 17.6 Å². The van der Waals surface area contributed by atoms with E-state index in [2.05, 4.69) is 0 Å². The second-order valence-corrected chi connectivity index (χ2v) is 7.00. The van der Waals surface area contributed by atoms with E-state index in [1.807, 2.05) is 6.07 Å². The van der Waals surface area contributed by atoms with Gasteiger partial charge in [0.15, 0.2) is 11.6 Å². The summed E-state index contributed by atoms with van der Waals surface area (Å²) in [4.78, 5) is 26.9. The van der Waals surface area contributed by atoms with Gasteiger partial charge in [0.25, 0.3) is 0 Å². The molecule has 0 saturated carbocycles. The van der Waals surface area contributed by atoms with Crippen LogP contribution in [0.5, 0.6) is 5.75 Å². The number of carbonyl (C=O) groups excluding carboxylic acids is 2. The molecule has 0 spiro atoms. The molecule has 1 unspecified atom stereocenters. The van der Waals surface area contributed by atoms with Crippen molar-refractivity contribution in [2.75, 3.05) is 25.7 Å². The highest BCUT2D eigenvalue weighted by atomic mass is 19.1. The van der Waals surface area contributed by atoms with E-state index in [0.29, 0.717) is 11.6 Å². The number of carbonyl (C=O) groups is 2. The van der Waals surface area contributed by atoms with Crippen LogP contribution in [-0.2, 0) is 19.1 Å². The monoisotopic (exact) mass is 469 g/mol. The van der Waals surface area contributed by atoms with Crippen LogP contribution in [0.3, 0.4) is 0 Å². The minimum absolute atomic E-state index is 0.00805. The van der Waals surface area contributed by atoms with Gasteiger partial charge in [0, 0.05) is 12.1 Å². The summed E-state index contributed by atoms with van der Waals surface area (Å²) in [6.07, 6.45) is 0. The number of allylic oxidation sites excluding steroid dienone is 1. The molecular formula is C24H21F2N3O5. The van der Waals surface area contributed by atoms with E-state index in [1.165, 1.54) is 0 Å². The average molecular weight is 469 g/mol. The number of anilines is 1. The zero-order valence-corrected chi connectivity index (χ0v) is 18.6. The number of hydrogen-bond acceptors (Lipinski definition) is 8. The summed E-state index contributed by atoms with van der Waals surface area (Å²) < 4.78 is 44.2. The Kier molecular flexibility index (Phi) is 7.16. The molecule has 3 rings (SSSR count). The second-order valence-electron chi connectivity index (χ2n) is 7.00. The number of nitrogens with two attached hydrogens (primary N) is 1. The molecule has 1 atom stereocenters. The first-order valence-electron chi connectivity index (χ1n) is 10.1. The van der Waals surface area contributed by atoms with E-state index in [0.717, 1.165) is 25.2 Å². The summed E-state index contributed by atoms with van der Waals surface area (Å²) in [5.41, 5.74) is 5.55. The van der Waals surface area contributed by atoms with E-state index in [-0.39, 0.29) is 29.3 Å². The van der Waals surface area contributed by atoms with Gasteiger partial charge in [-0.25, -0.2) is 18.4 Å². The van der Waals surface area contributed by atoms with Crippen LogP contribution >= 0.6 is 0 Å². The van der Waals surface area contributed by atoms with Gasteiger partial charge < -0.3 is 19.9 Å². The van der Waals surface area contributed by atoms with Crippen molar-refractivity contribution in [2.45, 2.75) is 12.8 Å². The lowest BCUT2D eigenvalue weighted by Gasteiger charge is -2.36. The van der Waals surface area contributed by atoms with Crippen molar-refractivity contribution < 1.29 is 32.6 Å². The Morgan fingerprint density at radius 1 is 1.12 bits per heavy atom. The lowest BCUT2D eigenvalue weighted by atomic mass is 9.81. The van der Waals surface area contributed by atoms with Crippen molar-refractivity contribution in [3.05, 3.63) is 82.3 Å². The summed E-state index contributed by atoms with van der Waals surface area (Å²) in [6.45, 7) is 1.57. The molecule has 0 bridgehead atoms.